The Hall–Kier alpha value is -4.15. The van der Waals surface area contributed by atoms with Crippen LogP contribution in [0.3, 0.4) is 0 Å². The van der Waals surface area contributed by atoms with Gasteiger partial charge in [0.1, 0.15) is 12.0 Å². The maximum absolute atomic E-state index is 10.7. The van der Waals surface area contributed by atoms with E-state index in [0.717, 1.165) is 28.0 Å². The van der Waals surface area contributed by atoms with Crippen molar-refractivity contribution >= 4 is 11.5 Å². The average molecular weight is 425 g/mol. The summed E-state index contributed by atoms with van der Waals surface area (Å²) in [6.45, 7) is 2.40. The van der Waals surface area contributed by atoms with Gasteiger partial charge in [0.25, 0.3) is 0 Å². The highest BCUT2D eigenvalue weighted by Gasteiger charge is 2.18. The molecule has 0 bridgehead atoms. The second kappa shape index (κ2) is 8.92. The van der Waals surface area contributed by atoms with Crippen LogP contribution in [0.25, 0.3) is 16.8 Å². The van der Waals surface area contributed by atoms with Crippen molar-refractivity contribution in [1.29, 1.82) is 5.26 Å². The van der Waals surface area contributed by atoms with E-state index in [1.54, 1.807) is 19.3 Å². The number of nitrogens with two attached hydrogens (primary N) is 1. The van der Waals surface area contributed by atoms with Gasteiger partial charge in [-0.2, -0.15) is 5.26 Å². The average Bonchev–Trinajstić information content (AvgIpc) is 2.80. The third-order valence-corrected chi connectivity index (χ3v) is 5.38. The Kier molecular flexibility index (Phi) is 5.88. The van der Waals surface area contributed by atoms with Crippen molar-refractivity contribution in [2.75, 3.05) is 12.8 Å². The third kappa shape index (κ3) is 4.31. The molecule has 0 saturated heterocycles. The molecule has 4 rings (SSSR count). The van der Waals surface area contributed by atoms with Gasteiger partial charge in [-0.15, -0.1) is 0 Å². The fourth-order valence-electron chi connectivity index (χ4n) is 3.66. The number of benzene rings is 2. The highest BCUT2D eigenvalue weighted by Crippen LogP contribution is 2.29. The summed E-state index contributed by atoms with van der Waals surface area (Å²) in [5.41, 5.74) is 11.2. The molecule has 1 aliphatic heterocycles. The Labute approximate surface area is 186 Å². The molecule has 0 spiro atoms. The van der Waals surface area contributed by atoms with Gasteiger partial charge >= 0.3 is 0 Å². The molecule has 0 aliphatic carbocycles. The van der Waals surface area contributed by atoms with E-state index >= 15 is 0 Å². The van der Waals surface area contributed by atoms with Gasteiger partial charge < -0.3 is 20.5 Å². The van der Waals surface area contributed by atoms with Gasteiger partial charge in [0.2, 0.25) is 5.95 Å². The summed E-state index contributed by atoms with van der Waals surface area (Å²) in [4.78, 5) is 10.5. The van der Waals surface area contributed by atoms with Crippen LogP contribution in [0.5, 0.6) is 5.75 Å². The van der Waals surface area contributed by atoms with Crippen LogP contribution in [0.2, 0.25) is 0 Å². The molecule has 2 heterocycles. The highest BCUT2D eigenvalue weighted by molar-refractivity contribution is 5.77. The van der Waals surface area contributed by atoms with Crippen LogP contribution in [0.15, 0.2) is 66.9 Å². The molecule has 0 saturated carbocycles. The molecule has 1 aromatic heterocycles. The molecule has 3 aromatic rings. The van der Waals surface area contributed by atoms with E-state index in [1.165, 1.54) is 0 Å². The predicted octanol–water partition coefficient (Wildman–Crippen LogP) is 3.65. The number of methoxy groups -OCH3 is 1. The van der Waals surface area contributed by atoms with Gasteiger partial charge in [0, 0.05) is 23.9 Å². The first-order valence-corrected chi connectivity index (χ1v) is 10.1. The maximum Gasteiger partial charge on any atom is 0.221 e. The number of hydrogen-bond donors (Lipinski definition) is 2. The molecule has 0 radical (unpaired) electrons. The number of hydrogen-bond acceptors (Lipinski definition) is 7. The second-order valence-electron chi connectivity index (χ2n) is 7.46. The van der Waals surface area contributed by atoms with E-state index in [-0.39, 0.29) is 5.95 Å². The Morgan fingerprint density at radius 2 is 1.94 bits per heavy atom. The summed E-state index contributed by atoms with van der Waals surface area (Å²) in [7, 11) is 1.63. The summed E-state index contributed by atoms with van der Waals surface area (Å²) in [6.07, 6.45) is 4.62. The number of aromatic nitrogens is 2. The van der Waals surface area contributed by atoms with E-state index < -0.39 is 6.23 Å². The smallest absolute Gasteiger partial charge is 0.221 e. The number of nitrogens with zero attached hydrogens (tertiary/aromatic N) is 4. The van der Waals surface area contributed by atoms with E-state index in [4.69, 9.17) is 10.5 Å². The quantitative estimate of drug-likeness (QED) is 0.642. The summed E-state index contributed by atoms with van der Waals surface area (Å²) < 4.78 is 5.27. The molecule has 7 nitrogen and oxygen atoms in total. The summed E-state index contributed by atoms with van der Waals surface area (Å²) in [5.74, 6) is 0.899. The van der Waals surface area contributed by atoms with Crippen molar-refractivity contribution in [3.05, 3.63) is 89.3 Å². The standard InChI is InChI=1S/C25H23N5O2/c1-16-19(14-26)6-4-8-21(16)23-13-22(28-25(27)29-23)18-9-10-30(24(31)12-18)15-17-5-3-7-20(11-17)32-2/h3-13,24,31H,15H2,1-2H3,(H2,27,28,29). The number of rotatable bonds is 5. The lowest BCUT2D eigenvalue weighted by molar-refractivity contribution is 0.0729. The first-order valence-electron chi connectivity index (χ1n) is 10.1. The number of anilines is 1. The highest BCUT2D eigenvalue weighted by atomic mass is 16.5. The number of nitrogen functional groups attached to an aromatic ring is 1. The Morgan fingerprint density at radius 3 is 2.69 bits per heavy atom. The molecule has 0 fully saturated rings. The van der Waals surface area contributed by atoms with E-state index in [2.05, 4.69) is 16.0 Å². The molecule has 2 aromatic carbocycles. The maximum atomic E-state index is 10.7. The molecule has 1 aliphatic rings. The molecular formula is C25H23N5O2. The van der Waals surface area contributed by atoms with Gasteiger partial charge in [0.05, 0.1) is 30.1 Å². The van der Waals surface area contributed by atoms with Gasteiger partial charge in [-0.3, -0.25) is 0 Å². The summed E-state index contributed by atoms with van der Waals surface area (Å²) in [6, 6.07) is 17.2. The lowest BCUT2D eigenvalue weighted by Gasteiger charge is -2.28. The minimum absolute atomic E-state index is 0.127. The molecule has 1 atom stereocenters. The van der Waals surface area contributed by atoms with E-state index in [0.29, 0.717) is 23.5 Å². The SMILES string of the molecule is COc1cccc(CN2C=CC(c3cc(-c4cccc(C#N)c4C)nc(N)n3)=CC2O)c1. The van der Waals surface area contributed by atoms with Crippen molar-refractivity contribution < 1.29 is 9.84 Å². The van der Waals surface area contributed by atoms with Crippen LogP contribution in [0, 0.1) is 18.3 Å². The fourth-order valence-corrected chi connectivity index (χ4v) is 3.66. The van der Waals surface area contributed by atoms with Crippen LogP contribution < -0.4 is 10.5 Å². The molecule has 32 heavy (non-hydrogen) atoms. The lowest BCUT2D eigenvalue weighted by atomic mass is 9.99. The normalized spacial score (nSPS) is 15.2. The zero-order valence-electron chi connectivity index (χ0n) is 17.9. The Morgan fingerprint density at radius 1 is 1.16 bits per heavy atom. The molecule has 0 amide bonds. The van der Waals surface area contributed by atoms with Crippen molar-refractivity contribution in [3.8, 4) is 23.1 Å². The summed E-state index contributed by atoms with van der Waals surface area (Å²) >= 11 is 0. The first kappa shape index (κ1) is 21.1. The number of aliphatic hydroxyl groups is 1. The zero-order chi connectivity index (χ0) is 22.7. The van der Waals surface area contributed by atoms with Crippen LogP contribution in [0.1, 0.15) is 22.4 Å². The van der Waals surface area contributed by atoms with Gasteiger partial charge in [0.15, 0.2) is 0 Å². The Bertz CT molecular complexity index is 1260. The van der Waals surface area contributed by atoms with Crippen molar-refractivity contribution in [2.45, 2.75) is 19.7 Å². The number of aliphatic hydroxyl groups excluding tert-OH is 1. The molecular weight excluding hydrogens is 402 g/mol. The van der Waals surface area contributed by atoms with E-state index in [1.807, 2.05) is 66.6 Å². The Balaban J connectivity index is 1.61. The first-order chi connectivity index (χ1) is 15.5. The van der Waals surface area contributed by atoms with Crippen LogP contribution in [0.4, 0.5) is 5.95 Å². The monoisotopic (exact) mass is 425 g/mol. The van der Waals surface area contributed by atoms with Crippen molar-refractivity contribution in [3.63, 3.8) is 0 Å². The molecule has 160 valence electrons. The largest absolute Gasteiger partial charge is 0.497 e. The van der Waals surface area contributed by atoms with Gasteiger partial charge in [-0.05, 0) is 54.5 Å². The lowest BCUT2D eigenvalue weighted by Crippen LogP contribution is -2.30. The molecule has 1 unspecified atom stereocenters. The number of ether oxygens (including phenoxy) is 1. The van der Waals surface area contributed by atoms with Gasteiger partial charge in [-0.25, -0.2) is 9.97 Å². The van der Waals surface area contributed by atoms with Crippen LogP contribution in [-0.2, 0) is 6.54 Å². The topological polar surface area (TPSA) is 108 Å². The van der Waals surface area contributed by atoms with Crippen molar-refractivity contribution in [1.82, 2.24) is 14.9 Å². The molecule has 7 heteroatoms. The predicted molar refractivity (Wildman–Crippen MR) is 123 cm³/mol. The minimum Gasteiger partial charge on any atom is -0.497 e. The second-order valence-corrected chi connectivity index (χ2v) is 7.46. The van der Waals surface area contributed by atoms with Crippen LogP contribution in [-0.4, -0.2) is 33.3 Å². The summed E-state index contributed by atoms with van der Waals surface area (Å²) in [5, 5.41) is 20.0. The minimum atomic E-state index is -0.829. The van der Waals surface area contributed by atoms with Gasteiger partial charge in [-0.1, -0.05) is 24.3 Å². The number of nitriles is 1. The van der Waals surface area contributed by atoms with E-state index in [9.17, 15) is 10.4 Å². The fraction of sp³-hybridized carbons (Fsp3) is 0.160. The van der Waals surface area contributed by atoms with Crippen molar-refractivity contribution in [2.24, 2.45) is 0 Å². The molecule has 3 N–H and O–H groups in total. The number of allylic oxidation sites excluding steroid dienone is 2. The zero-order valence-corrected chi connectivity index (χ0v) is 17.9. The third-order valence-electron chi connectivity index (χ3n) is 5.38. The van der Waals surface area contributed by atoms with Crippen LogP contribution >= 0.6 is 0 Å².